The van der Waals surface area contributed by atoms with E-state index < -0.39 is 0 Å². The second-order valence-electron chi connectivity index (χ2n) is 6.10. The Morgan fingerprint density at radius 2 is 1.96 bits per heavy atom. The monoisotopic (exact) mass is 409 g/mol. The largest absolute Gasteiger partial charge is 0.487 e. The molecular weight excluding hydrogens is 397 g/mol. The predicted molar refractivity (Wildman–Crippen MR) is 107 cm³/mol. The van der Waals surface area contributed by atoms with Crippen molar-refractivity contribution in [3.63, 3.8) is 0 Å². The maximum Gasteiger partial charge on any atom is 0.146 e. The van der Waals surface area contributed by atoms with E-state index in [2.05, 4.69) is 26.2 Å². The number of ether oxygens (including phenoxy) is 1. The van der Waals surface area contributed by atoms with Gasteiger partial charge in [0.25, 0.3) is 0 Å². The quantitative estimate of drug-likeness (QED) is 0.507. The lowest BCUT2D eigenvalue weighted by molar-refractivity contribution is 0.309. The van der Waals surface area contributed by atoms with E-state index in [1.165, 1.54) is 18.6 Å². The van der Waals surface area contributed by atoms with Crippen molar-refractivity contribution in [2.75, 3.05) is 0 Å². The Kier molecular flexibility index (Phi) is 4.86. The Morgan fingerprint density at radius 1 is 1.18 bits per heavy atom. The molecule has 1 N–H and O–H groups in total. The van der Waals surface area contributed by atoms with Crippen LogP contribution in [0.3, 0.4) is 0 Å². The van der Waals surface area contributed by atoms with Crippen molar-refractivity contribution in [1.29, 1.82) is 5.26 Å². The number of halogens is 2. The zero-order valence-electron chi connectivity index (χ0n) is 14.7. The molecule has 4 aromatic rings. The molecule has 0 saturated heterocycles. The molecule has 6 nitrogen and oxygen atoms in total. The Hall–Kier alpha value is -3.14. The van der Waals surface area contributed by atoms with Crippen LogP contribution in [0.4, 0.5) is 0 Å². The summed E-state index contributed by atoms with van der Waals surface area (Å²) in [4.78, 5) is 8.59. The van der Waals surface area contributed by atoms with E-state index in [9.17, 15) is 5.26 Å². The second-order valence-corrected chi connectivity index (χ2v) is 6.92. The lowest BCUT2D eigenvalue weighted by Gasteiger charge is -2.13. The number of hydrogen-bond acceptors (Lipinski definition) is 5. The molecule has 0 radical (unpaired) electrons. The molecule has 0 aliphatic rings. The van der Waals surface area contributed by atoms with E-state index in [0.29, 0.717) is 38.1 Å². The molecule has 0 fully saturated rings. The molecule has 138 valence electrons. The smallest absolute Gasteiger partial charge is 0.146 e. The molecule has 0 saturated carbocycles. The van der Waals surface area contributed by atoms with Gasteiger partial charge in [-0.25, -0.2) is 4.98 Å². The number of hydrogen-bond donors (Lipinski definition) is 1. The summed E-state index contributed by atoms with van der Waals surface area (Å²) in [6.45, 7) is 2.07. The van der Waals surface area contributed by atoms with Crippen LogP contribution in [-0.4, -0.2) is 20.2 Å². The van der Waals surface area contributed by atoms with E-state index >= 15 is 0 Å². The maximum absolute atomic E-state index is 9.35. The molecule has 3 aromatic heterocycles. The lowest BCUT2D eigenvalue weighted by Crippen LogP contribution is -2.00. The van der Waals surface area contributed by atoms with Gasteiger partial charge in [-0.3, -0.25) is 10.1 Å². The van der Waals surface area contributed by atoms with Crippen LogP contribution >= 0.6 is 23.2 Å². The fourth-order valence-electron chi connectivity index (χ4n) is 2.98. The fraction of sp³-hybridized carbons (Fsp3) is 0.100. The summed E-state index contributed by atoms with van der Waals surface area (Å²) >= 11 is 12.4. The Balaban J connectivity index is 1.80. The SMILES string of the molecule is Cc1cc(-c2[nH]ncc2C#N)c2cccc(OCc3c(Cl)cncc3Cl)c2n1. The summed E-state index contributed by atoms with van der Waals surface area (Å²) in [5.41, 5.74) is 4.07. The van der Waals surface area contributed by atoms with Crippen LogP contribution in [0.5, 0.6) is 5.75 Å². The third-order valence-electron chi connectivity index (χ3n) is 4.28. The van der Waals surface area contributed by atoms with Crippen LogP contribution in [0.2, 0.25) is 10.0 Å². The lowest BCUT2D eigenvalue weighted by atomic mass is 10.0. The van der Waals surface area contributed by atoms with Gasteiger partial charge in [-0.05, 0) is 19.1 Å². The minimum absolute atomic E-state index is 0.178. The van der Waals surface area contributed by atoms with Gasteiger partial charge in [0, 0.05) is 34.6 Å². The van der Waals surface area contributed by atoms with E-state index in [4.69, 9.17) is 27.9 Å². The minimum Gasteiger partial charge on any atom is -0.487 e. The topological polar surface area (TPSA) is 87.5 Å². The fourth-order valence-corrected chi connectivity index (χ4v) is 3.45. The van der Waals surface area contributed by atoms with Gasteiger partial charge in [0.05, 0.1) is 27.5 Å². The minimum atomic E-state index is 0.178. The Labute approximate surface area is 170 Å². The number of fused-ring (bicyclic) bond motifs is 1. The van der Waals surface area contributed by atoms with Crippen molar-refractivity contribution in [1.82, 2.24) is 20.2 Å². The van der Waals surface area contributed by atoms with Crippen molar-refractivity contribution >= 4 is 34.1 Å². The van der Waals surface area contributed by atoms with Crippen LogP contribution < -0.4 is 4.74 Å². The Morgan fingerprint density at radius 3 is 2.71 bits per heavy atom. The van der Waals surface area contributed by atoms with Crippen LogP contribution in [0.1, 0.15) is 16.8 Å². The van der Waals surface area contributed by atoms with Crippen LogP contribution in [0.25, 0.3) is 22.2 Å². The normalized spacial score (nSPS) is 10.8. The molecule has 0 spiro atoms. The van der Waals surface area contributed by atoms with E-state index in [-0.39, 0.29) is 6.61 Å². The van der Waals surface area contributed by atoms with Crippen molar-refractivity contribution in [3.05, 3.63) is 69.7 Å². The van der Waals surface area contributed by atoms with Crippen molar-refractivity contribution in [3.8, 4) is 23.1 Å². The molecule has 28 heavy (non-hydrogen) atoms. The zero-order valence-corrected chi connectivity index (χ0v) is 16.2. The number of nitriles is 1. The predicted octanol–water partition coefficient (Wildman–Crippen LogP) is 5.09. The van der Waals surface area contributed by atoms with Crippen LogP contribution in [0.15, 0.2) is 42.9 Å². The highest BCUT2D eigenvalue weighted by Gasteiger charge is 2.15. The molecule has 0 aliphatic carbocycles. The maximum atomic E-state index is 9.35. The van der Waals surface area contributed by atoms with Gasteiger partial charge >= 0.3 is 0 Å². The van der Waals surface area contributed by atoms with Gasteiger partial charge in [0.1, 0.15) is 23.9 Å². The number of nitrogens with one attached hydrogen (secondary N) is 1. The third kappa shape index (κ3) is 3.26. The average molecular weight is 410 g/mol. The average Bonchev–Trinajstić information content (AvgIpc) is 3.16. The number of rotatable bonds is 4. The number of pyridine rings is 2. The summed E-state index contributed by atoms with van der Waals surface area (Å²) in [6, 6.07) is 9.70. The van der Waals surface area contributed by atoms with E-state index in [1.54, 1.807) is 0 Å². The standard InChI is InChI=1S/C20H13Cl2N5O/c1-11-5-14(19-12(6-23)7-25-27-19)13-3-2-4-18(20(13)26-11)28-10-15-16(21)8-24-9-17(15)22/h2-5,7-9H,10H2,1H3,(H,25,27). The molecule has 0 unspecified atom stereocenters. The van der Waals surface area contributed by atoms with Crippen molar-refractivity contribution in [2.45, 2.75) is 13.5 Å². The second kappa shape index (κ2) is 7.47. The first-order valence-electron chi connectivity index (χ1n) is 8.33. The summed E-state index contributed by atoms with van der Waals surface area (Å²) in [5, 5.41) is 18.0. The summed E-state index contributed by atoms with van der Waals surface area (Å²) in [7, 11) is 0. The third-order valence-corrected chi connectivity index (χ3v) is 4.94. The first kappa shape index (κ1) is 18.2. The molecule has 8 heteroatoms. The molecule has 0 bridgehead atoms. The van der Waals surface area contributed by atoms with Crippen LogP contribution in [-0.2, 0) is 6.61 Å². The molecule has 0 atom stereocenters. The highest BCUT2D eigenvalue weighted by Crippen LogP contribution is 2.34. The zero-order chi connectivity index (χ0) is 19.7. The number of nitrogens with zero attached hydrogens (tertiary/aromatic N) is 4. The first-order valence-corrected chi connectivity index (χ1v) is 9.09. The van der Waals surface area contributed by atoms with Gasteiger partial charge in [0.2, 0.25) is 0 Å². The van der Waals surface area contributed by atoms with Gasteiger partial charge in [-0.2, -0.15) is 10.4 Å². The molecule has 3 heterocycles. The first-order chi connectivity index (χ1) is 13.6. The molecule has 0 aliphatic heterocycles. The number of aryl methyl sites for hydroxylation is 1. The summed E-state index contributed by atoms with van der Waals surface area (Å²) in [6.07, 6.45) is 4.56. The Bertz CT molecular complexity index is 1210. The van der Waals surface area contributed by atoms with E-state index in [1.807, 2.05) is 31.2 Å². The van der Waals surface area contributed by atoms with Crippen molar-refractivity contribution in [2.24, 2.45) is 0 Å². The number of aromatic nitrogens is 4. The van der Waals surface area contributed by atoms with E-state index in [0.717, 1.165) is 16.6 Å². The van der Waals surface area contributed by atoms with Crippen molar-refractivity contribution < 1.29 is 4.74 Å². The molecule has 4 rings (SSSR count). The van der Waals surface area contributed by atoms with Crippen LogP contribution in [0, 0.1) is 18.3 Å². The highest BCUT2D eigenvalue weighted by atomic mass is 35.5. The number of H-pyrrole nitrogens is 1. The van der Waals surface area contributed by atoms with Gasteiger partial charge in [-0.15, -0.1) is 0 Å². The summed E-state index contributed by atoms with van der Waals surface area (Å²) < 4.78 is 6.00. The molecule has 0 amide bonds. The molecule has 1 aromatic carbocycles. The number of benzene rings is 1. The highest BCUT2D eigenvalue weighted by molar-refractivity contribution is 6.35. The number of aromatic amines is 1. The van der Waals surface area contributed by atoms with Gasteiger partial charge in [0.15, 0.2) is 0 Å². The van der Waals surface area contributed by atoms with Gasteiger partial charge in [-0.1, -0.05) is 35.3 Å². The summed E-state index contributed by atoms with van der Waals surface area (Å²) in [5.74, 6) is 0.587. The van der Waals surface area contributed by atoms with Gasteiger partial charge < -0.3 is 4.74 Å². The number of para-hydroxylation sites is 1. The molecular formula is C20H13Cl2N5O.